The number of hydrogen-bond donors (Lipinski definition) is 3. The average Bonchev–Trinajstić information content (AvgIpc) is 3.39. The van der Waals surface area contributed by atoms with Gasteiger partial charge in [0.2, 0.25) is 0 Å². The number of carboxylic acids is 1. The summed E-state index contributed by atoms with van der Waals surface area (Å²) < 4.78 is 52.4. The van der Waals surface area contributed by atoms with Crippen molar-refractivity contribution in [2.24, 2.45) is 0 Å². The summed E-state index contributed by atoms with van der Waals surface area (Å²) in [6.45, 7) is 0. The molecule has 3 aromatic rings. The number of alkyl halides is 3. The van der Waals surface area contributed by atoms with Crippen LogP contribution < -0.4 is 15.8 Å². The Labute approximate surface area is 162 Å². The van der Waals surface area contributed by atoms with E-state index in [1.165, 1.54) is 24.3 Å². The fourth-order valence-corrected chi connectivity index (χ4v) is 2.49. The summed E-state index contributed by atoms with van der Waals surface area (Å²) >= 11 is 0. The van der Waals surface area contributed by atoms with Crippen molar-refractivity contribution in [3.8, 4) is 16.9 Å². The molecule has 5 nitrogen and oxygen atoms in total. The van der Waals surface area contributed by atoms with E-state index < -0.39 is 18.1 Å². The third-order valence-electron chi connectivity index (χ3n) is 3.85. The van der Waals surface area contributed by atoms with Crippen LogP contribution in [0.2, 0.25) is 0 Å². The van der Waals surface area contributed by atoms with E-state index in [1.54, 1.807) is 30.3 Å². The highest BCUT2D eigenvalue weighted by Gasteiger charge is 2.30. The van der Waals surface area contributed by atoms with E-state index in [-0.39, 0.29) is 11.3 Å². The lowest BCUT2D eigenvalue weighted by Crippen LogP contribution is -2.16. The fourth-order valence-electron chi connectivity index (χ4n) is 2.49. The summed E-state index contributed by atoms with van der Waals surface area (Å²) in [5, 5.41) is 11.2. The molecule has 0 saturated heterocycles. The summed E-state index contributed by atoms with van der Waals surface area (Å²) in [6.07, 6.45) is -4.67. The van der Waals surface area contributed by atoms with Crippen LogP contribution in [0, 0.1) is 5.82 Å². The van der Waals surface area contributed by atoms with Crippen molar-refractivity contribution < 1.29 is 32.2 Å². The maximum Gasteiger partial charge on any atom is 0.573 e. The topological polar surface area (TPSA) is 94.5 Å². The molecule has 0 amide bonds. The van der Waals surface area contributed by atoms with E-state index in [4.69, 9.17) is 10.8 Å². The molecule has 0 saturated carbocycles. The molecule has 1 aliphatic rings. The Morgan fingerprint density at radius 1 is 0.966 bits per heavy atom. The van der Waals surface area contributed by atoms with Gasteiger partial charge in [-0.05, 0) is 41.5 Å². The van der Waals surface area contributed by atoms with Crippen LogP contribution in [0.3, 0.4) is 0 Å². The molecule has 0 aliphatic carbocycles. The molecule has 3 aromatic carbocycles. The number of halogens is 4. The number of hydrogen-bond acceptors (Lipinski definition) is 4. The van der Waals surface area contributed by atoms with Gasteiger partial charge < -0.3 is 20.9 Å². The zero-order chi connectivity index (χ0) is 21.2. The SMILES string of the molecule is Nc1cccc(-c2ccc(OC(F)(F)F)cc2)c1.O=C(O)c1cc2c(cc1F)N2. The lowest BCUT2D eigenvalue weighted by Gasteiger charge is -2.09. The Hall–Kier alpha value is -3.75. The van der Waals surface area contributed by atoms with Crippen LogP contribution in [-0.4, -0.2) is 17.4 Å². The second-order valence-electron chi connectivity index (χ2n) is 6.01. The zero-order valence-electron chi connectivity index (χ0n) is 14.6. The Morgan fingerprint density at radius 2 is 1.62 bits per heavy atom. The van der Waals surface area contributed by atoms with Gasteiger partial charge in [0.1, 0.15) is 11.6 Å². The molecule has 0 unspecified atom stereocenters. The van der Waals surface area contributed by atoms with Crippen molar-refractivity contribution in [2.45, 2.75) is 6.36 Å². The first kappa shape index (κ1) is 20.0. The minimum atomic E-state index is -4.67. The van der Waals surface area contributed by atoms with Gasteiger partial charge in [-0.1, -0.05) is 24.3 Å². The van der Waals surface area contributed by atoms with Crippen molar-refractivity contribution in [3.63, 3.8) is 0 Å². The molecule has 0 bridgehead atoms. The molecule has 29 heavy (non-hydrogen) atoms. The van der Waals surface area contributed by atoms with Crippen LogP contribution in [0.15, 0.2) is 60.7 Å². The summed E-state index contributed by atoms with van der Waals surface area (Å²) in [4.78, 5) is 10.3. The van der Waals surface area contributed by atoms with E-state index in [0.717, 1.165) is 11.1 Å². The first-order valence-corrected chi connectivity index (χ1v) is 8.18. The smallest absolute Gasteiger partial charge is 0.478 e. The van der Waals surface area contributed by atoms with Gasteiger partial charge in [-0.2, -0.15) is 0 Å². The number of rotatable bonds is 3. The number of nitrogens with one attached hydrogen (secondary N) is 1. The van der Waals surface area contributed by atoms with Crippen LogP contribution in [0.25, 0.3) is 11.1 Å². The lowest BCUT2D eigenvalue weighted by molar-refractivity contribution is -0.274. The Balaban J connectivity index is 0.000000186. The quantitative estimate of drug-likeness (QED) is 0.240. The van der Waals surface area contributed by atoms with E-state index in [9.17, 15) is 22.4 Å². The highest BCUT2D eigenvalue weighted by atomic mass is 19.4. The van der Waals surface area contributed by atoms with Gasteiger partial charge in [0.15, 0.2) is 0 Å². The molecule has 0 aromatic heterocycles. The van der Waals surface area contributed by atoms with Gasteiger partial charge in [-0.3, -0.25) is 0 Å². The standard InChI is InChI=1S/C13H10F3NO.C7H4FNO2/c14-13(15,16)18-12-6-4-9(5-7-12)10-2-1-3-11(17)8-10;8-4-2-6-5(9-6)1-3(4)7(10)11/h1-8H,17H2;1-2,9H,(H,10,11). The predicted octanol–water partition coefficient (Wildman–Crippen LogP) is 5.42. The number of nitrogens with two attached hydrogens (primary N) is 1. The van der Waals surface area contributed by atoms with Crippen LogP contribution in [-0.2, 0) is 0 Å². The van der Waals surface area contributed by atoms with E-state index in [2.05, 4.69) is 10.1 Å². The summed E-state index contributed by atoms with van der Waals surface area (Å²) in [5.74, 6) is -2.17. The molecule has 4 rings (SSSR count). The number of nitrogen functional groups attached to an aromatic ring is 1. The molecule has 4 N–H and O–H groups in total. The van der Waals surface area contributed by atoms with Crippen LogP contribution >= 0.6 is 0 Å². The minimum absolute atomic E-state index is 0.241. The number of anilines is 3. The van der Waals surface area contributed by atoms with Crippen molar-refractivity contribution in [3.05, 3.63) is 72.0 Å². The number of carboxylic acid groups (broad SMARTS) is 1. The largest absolute Gasteiger partial charge is 0.573 e. The Kier molecular flexibility index (Phi) is 5.31. The molecule has 0 fully saturated rings. The predicted molar refractivity (Wildman–Crippen MR) is 99.6 cm³/mol. The zero-order valence-corrected chi connectivity index (χ0v) is 14.6. The first-order chi connectivity index (χ1) is 13.6. The molecule has 0 spiro atoms. The molecule has 150 valence electrons. The first-order valence-electron chi connectivity index (χ1n) is 8.18. The van der Waals surface area contributed by atoms with E-state index >= 15 is 0 Å². The van der Waals surface area contributed by atoms with Gasteiger partial charge in [-0.25, -0.2) is 9.18 Å². The average molecular weight is 406 g/mol. The monoisotopic (exact) mass is 406 g/mol. The van der Waals surface area contributed by atoms with Crippen LogP contribution in [0.5, 0.6) is 5.75 Å². The lowest BCUT2D eigenvalue weighted by atomic mass is 10.1. The molecule has 1 heterocycles. The molecule has 1 aliphatic heterocycles. The summed E-state index contributed by atoms with van der Waals surface area (Å²) in [7, 11) is 0. The third-order valence-corrected chi connectivity index (χ3v) is 3.85. The normalized spacial score (nSPS) is 11.4. The second kappa shape index (κ2) is 7.70. The molecule has 9 heteroatoms. The number of benzene rings is 3. The Morgan fingerprint density at radius 3 is 2.21 bits per heavy atom. The van der Waals surface area contributed by atoms with Gasteiger partial charge >= 0.3 is 12.3 Å². The van der Waals surface area contributed by atoms with Crippen LogP contribution in [0.4, 0.5) is 34.6 Å². The van der Waals surface area contributed by atoms with Crippen LogP contribution in [0.1, 0.15) is 10.4 Å². The Bertz CT molecular complexity index is 1050. The number of fused-ring (bicyclic) bond motifs is 1. The van der Waals surface area contributed by atoms with Crippen molar-refractivity contribution in [2.75, 3.05) is 11.1 Å². The number of carbonyl (C=O) groups is 1. The van der Waals surface area contributed by atoms with Gasteiger partial charge in [-0.15, -0.1) is 13.2 Å². The van der Waals surface area contributed by atoms with E-state index in [0.29, 0.717) is 17.1 Å². The number of ether oxygens (including phenoxy) is 1. The molecular formula is C20H14F4N2O3. The highest BCUT2D eigenvalue weighted by molar-refractivity contribution is 5.97. The summed E-state index contributed by atoms with van der Waals surface area (Å²) in [6, 6.07) is 15.2. The van der Waals surface area contributed by atoms with Crippen molar-refractivity contribution >= 4 is 23.0 Å². The highest BCUT2D eigenvalue weighted by Crippen LogP contribution is 2.40. The molecular weight excluding hydrogens is 392 g/mol. The van der Waals surface area contributed by atoms with Gasteiger partial charge in [0.05, 0.1) is 16.9 Å². The van der Waals surface area contributed by atoms with Crippen molar-refractivity contribution in [1.82, 2.24) is 0 Å². The minimum Gasteiger partial charge on any atom is -0.478 e. The molecule has 0 atom stereocenters. The maximum absolute atomic E-state index is 12.7. The second-order valence-corrected chi connectivity index (χ2v) is 6.01. The van der Waals surface area contributed by atoms with Gasteiger partial charge in [0, 0.05) is 11.8 Å². The summed E-state index contributed by atoms with van der Waals surface area (Å²) in [5.41, 5.74) is 8.94. The number of aromatic carboxylic acids is 1. The van der Waals surface area contributed by atoms with Gasteiger partial charge in [0.25, 0.3) is 0 Å². The maximum atomic E-state index is 12.7. The van der Waals surface area contributed by atoms with E-state index in [1.807, 2.05) is 6.07 Å². The third kappa shape index (κ3) is 5.38. The fraction of sp³-hybridized carbons (Fsp3) is 0.0500. The molecule has 0 radical (unpaired) electrons. The van der Waals surface area contributed by atoms with Crippen molar-refractivity contribution in [1.29, 1.82) is 0 Å².